The molecule has 17 heavy (non-hydrogen) atoms. The summed E-state index contributed by atoms with van der Waals surface area (Å²) >= 11 is 0. The molecule has 0 heterocycles. The first-order valence-electron chi connectivity index (χ1n) is 6.05. The van der Waals surface area contributed by atoms with Gasteiger partial charge in [-0.25, -0.2) is 4.39 Å². The van der Waals surface area contributed by atoms with E-state index in [-0.39, 0.29) is 17.5 Å². The minimum atomic E-state index is -0.208. The Bertz CT molecular complexity index is 329. The van der Waals surface area contributed by atoms with Crippen LogP contribution in [0.15, 0.2) is 24.3 Å². The normalized spacial score (nSPS) is 13.7. The minimum Gasteiger partial charge on any atom is -0.374 e. The maximum Gasteiger partial charge on any atom is 0.123 e. The molecule has 0 spiro atoms. The zero-order chi connectivity index (χ0) is 12.9. The molecule has 1 rings (SSSR count). The highest BCUT2D eigenvalue weighted by atomic mass is 19.1. The monoisotopic (exact) mass is 239 g/mol. The summed E-state index contributed by atoms with van der Waals surface area (Å²) in [7, 11) is 0. The Balaban J connectivity index is 2.68. The number of hydrogen-bond donors (Lipinski definition) is 1. The van der Waals surface area contributed by atoms with Crippen molar-refractivity contribution in [1.82, 2.24) is 5.32 Å². The summed E-state index contributed by atoms with van der Waals surface area (Å²) in [4.78, 5) is 0. The van der Waals surface area contributed by atoms with Crippen LogP contribution < -0.4 is 5.32 Å². The predicted molar refractivity (Wildman–Crippen MR) is 68.5 cm³/mol. The van der Waals surface area contributed by atoms with E-state index in [1.165, 1.54) is 12.1 Å². The maximum absolute atomic E-state index is 12.9. The first kappa shape index (κ1) is 14.1. The molecule has 1 unspecified atom stereocenters. The second kappa shape index (κ2) is 6.12. The first-order valence-corrected chi connectivity index (χ1v) is 6.05. The first-order chi connectivity index (χ1) is 7.92. The van der Waals surface area contributed by atoms with E-state index >= 15 is 0 Å². The van der Waals surface area contributed by atoms with Crippen LogP contribution in [0.1, 0.15) is 39.3 Å². The smallest absolute Gasteiger partial charge is 0.123 e. The Morgan fingerprint density at radius 1 is 1.24 bits per heavy atom. The number of benzene rings is 1. The number of ether oxygens (including phenoxy) is 1. The van der Waals surface area contributed by atoms with Gasteiger partial charge in [0, 0.05) is 0 Å². The molecule has 1 atom stereocenters. The van der Waals surface area contributed by atoms with Crippen molar-refractivity contribution in [2.24, 2.45) is 0 Å². The highest BCUT2D eigenvalue weighted by Crippen LogP contribution is 2.17. The molecule has 2 nitrogen and oxygen atoms in total. The van der Waals surface area contributed by atoms with E-state index in [9.17, 15) is 4.39 Å². The van der Waals surface area contributed by atoms with Gasteiger partial charge in [0.05, 0.1) is 18.2 Å². The molecule has 0 amide bonds. The lowest BCUT2D eigenvalue weighted by Gasteiger charge is -2.25. The molecule has 1 N–H and O–H groups in total. The zero-order valence-corrected chi connectivity index (χ0v) is 11.1. The lowest BCUT2D eigenvalue weighted by Crippen LogP contribution is -2.30. The summed E-state index contributed by atoms with van der Waals surface area (Å²) in [5.74, 6) is -0.208. The van der Waals surface area contributed by atoms with Crippen LogP contribution in [0.4, 0.5) is 4.39 Å². The van der Waals surface area contributed by atoms with Gasteiger partial charge in [-0.1, -0.05) is 19.1 Å². The van der Waals surface area contributed by atoms with Crippen LogP contribution in [0, 0.1) is 5.82 Å². The van der Waals surface area contributed by atoms with Gasteiger partial charge in [-0.15, -0.1) is 0 Å². The van der Waals surface area contributed by atoms with Crippen molar-refractivity contribution in [3.8, 4) is 0 Å². The summed E-state index contributed by atoms with van der Waals surface area (Å²) < 4.78 is 18.6. The number of rotatable bonds is 5. The summed E-state index contributed by atoms with van der Waals surface area (Å²) in [6.07, 6.45) is 0. The van der Waals surface area contributed by atoms with Gasteiger partial charge in [-0.3, -0.25) is 0 Å². The van der Waals surface area contributed by atoms with Crippen LogP contribution in [0.5, 0.6) is 0 Å². The SMILES string of the molecule is CCNC(COC(C)(C)C)c1ccc(F)cc1. The molecular weight excluding hydrogens is 217 g/mol. The van der Waals surface area contributed by atoms with Gasteiger partial charge in [0.2, 0.25) is 0 Å². The quantitative estimate of drug-likeness (QED) is 0.851. The fraction of sp³-hybridized carbons (Fsp3) is 0.571. The third-order valence-corrected chi connectivity index (χ3v) is 2.41. The molecular formula is C14H22FNO. The van der Waals surface area contributed by atoms with E-state index in [4.69, 9.17) is 4.74 Å². The molecule has 96 valence electrons. The molecule has 0 saturated carbocycles. The van der Waals surface area contributed by atoms with Crippen molar-refractivity contribution in [3.05, 3.63) is 35.6 Å². The number of halogens is 1. The third kappa shape index (κ3) is 5.29. The van der Waals surface area contributed by atoms with E-state index in [0.717, 1.165) is 12.1 Å². The van der Waals surface area contributed by atoms with E-state index in [1.807, 2.05) is 27.7 Å². The maximum atomic E-state index is 12.9. The van der Waals surface area contributed by atoms with Crippen molar-refractivity contribution in [1.29, 1.82) is 0 Å². The molecule has 0 bridgehead atoms. The second-order valence-electron chi connectivity index (χ2n) is 5.09. The lowest BCUT2D eigenvalue weighted by molar-refractivity contribution is -0.0146. The fourth-order valence-electron chi connectivity index (χ4n) is 1.55. The third-order valence-electron chi connectivity index (χ3n) is 2.41. The highest BCUT2D eigenvalue weighted by Gasteiger charge is 2.16. The van der Waals surface area contributed by atoms with Crippen LogP contribution in [-0.4, -0.2) is 18.8 Å². The van der Waals surface area contributed by atoms with Gasteiger partial charge in [0.1, 0.15) is 5.82 Å². The Kier molecular flexibility index (Phi) is 5.09. The number of likely N-dealkylation sites (N-methyl/N-ethyl adjacent to an activating group) is 1. The molecule has 0 fully saturated rings. The van der Waals surface area contributed by atoms with Gasteiger partial charge in [0.25, 0.3) is 0 Å². The Morgan fingerprint density at radius 3 is 2.29 bits per heavy atom. The summed E-state index contributed by atoms with van der Waals surface area (Å²) in [5, 5.41) is 3.34. The average molecular weight is 239 g/mol. The Morgan fingerprint density at radius 2 is 1.82 bits per heavy atom. The van der Waals surface area contributed by atoms with Crippen molar-refractivity contribution in [2.45, 2.75) is 39.3 Å². The minimum absolute atomic E-state index is 0.111. The average Bonchev–Trinajstić information content (AvgIpc) is 2.24. The second-order valence-corrected chi connectivity index (χ2v) is 5.09. The fourth-order valence-corrected chi connectivity index (χ4v) is 1.55. The van der Waals surface area contributed by atoms with Gasteiger partial charge in [-0.05, 0) is 45.0 Å². The number of nitrogens with one attached hydrogen (secondary N) is 1. The van der Waals surface area contributed by atoms with E-state index in [0.29, 0.717) is 6.61 Å². The van der Waals surface area contributed by atoms with Crippen molar-refractivity contribution >= 4 is 0 Å². The molecule has 0 aromatic heterocycles. The largest absolute Gasteiger partial charge is 0.374 e. The standard InChI is InChI=1S/C14H22FNO/c1-5-16-13(10-17-14(2,3)4)11-6-8-12(15)9-7-11/h6-9,13,16H,5,10H2,1-4H3. The van der Waals surface area contributed by atoms with Gasteiger partial charge in [0.15, 0.2) is 0 Å². The Labute approximate surface area is 103 Å². The molecule has 0 radical (unpaired) electrons. The van der Waals surface area contributed by atoms with Crippen LogP contribution in [0.25, 0.3) is 0 Å². The molecule has 0 aliphatic heterocycles. The molecule has 0 aliphatic carbocycles. The van der Waals surface area contributed by atoms with E-state index in [2.05, 4.69) is 5.32 Å². The van der Waals surface area contributed by atoms with Crippen molar-refractivity contribution in [2.75, 3.05) is 13.2 Å². The van der Waals surface area contributed by atoms with Crippen LogP contribution >= 0.6 is 0 Å². The molecule has 0 saturated heterocycles. The Hall–Kier alpha value is -0.930. The summed E-state index contributed by atoms with van der Waals surface area (Å²) in [6, 6.07) is 6.68. The highest BCUT2D eigenvalue weighted by molar-refractivity contribution is 5.20. The molecule has 0 aliphatic rings. The van der Waals surface area contributed by atoms with E-state index < -0.39 is 0 Å². The van der Waals surface area contributed by atoms with Crippen molar-refractivity contribution < 1.29 is 9.13 Å². The molecule has 3 heteroatoms. The summed E-state index contributed by atoms with van der Waals surface area (Å²) in [6.45, 7) is 9.58. The topological polar surface area (TPSA) is 21.3 Å². The van der Waals surface area contributed by atoms with Crippen LogP contribution in [-0.2, 0) is 4.74 Å². The van der Waals surface area contributed by atoms with Crippen molar-refractivity contribution in [3.63, 3.8) is 0 Å². The van der Waals surface area contributed by atoms with Gasteiger partial charge in [-0.2, -0.15) is 0 Å². The molecule has 1 aromatic rings. The zero-order valence-electron chi connectivity index (χ0n) is 11.1. The summed E-state index contributed by atoms with van der Waals surface area (Å²) in [5.41, 5.74) is 0.894. The lowest BCUT2D eigenvalue weighted by atomic mass is 10.1. The van der Waals surface area contributed by atoms with Gasteiger partial charge < -0.3 is 10.1 Å². The van der Waals surface area contributed by atoms with Crippen LogP contribution in [0.2, 0.25) is 0 Å². The van der Waals surface area contributed by atoms with E-state index in [1.54, 1.807) is 12.1 Å². The molecule has 1 aromatic carbocycles. The van der Waals surface area contributed by atoms with Gasteiger partial charge >= 0.3 is 0 Å². The number of hydrogen-bond acceptors (Lipinski definition) is 2. The van der Waals surface area contributed by atoms with Crippen LogP contribution in [0.3, 0.4) is 0 Å². The predicted octanol–water partition coefficient (Wildman–Crippen LogP) is 3.29.